The molecule has 5 rings (SSSR count). The molecule has 2 heterocycles. The molecule has 0 unspecified atom stereocenters. The molecule has 0 spiro atoms. The number of amides is 1. The maximum absolute atomic E-state index is 12.8. The molecule has 1 aliphatic rings. The fourth-order valence-corrected chi connectivity index (χ4v) is 4.67. The molecule has 8 nitrogen and oxygen atoms in total. The minimum atomic E-state index is -3.79. The Balaban J connectivity index is 1.23. The molecule has 0 radical (unpaired) electrons. The first-order chi connectivity index (χ1) is 16.5. The highest BCUT2D eigenvalue weighted by Crippen LogP contribution is 2.33. The van der Waals surface area contributed by atoms with Crippen LogP contribution in [0.4, 0.5) is 5.69 Å². The zero-order chi connectivity index (χ0) is 23.5. The van der Waals surface area contributed by atoms with E-state index < -0.39 is 10.0 Å². The van der Waals surface area contributed by atoms with E-state index in [1.807, 2.05) is 12.1 Å². The summed E-state index contributed by atoms with van der Waals surface area (Å²) < 4.78 is 39.1. The van der Waals surface area contributed by atoms with E-state index in [2.05, 4.69) is 15.0 Å². The fraction of sp³-hybridized carbons (Fsp3) is 0.120. The Labute approximate surface area is 196 Å². The summed E-state index contributed by atoms with van der Waals surface area (Å²) in [6.45, 7) is 1.14. The normalized spacial score (nSPS) is 12.8. The summed E-state index contributed by atoms with van der Waals surface area (Å²) in [4.78, 5) is 16.7. The molecule has 0 saturated heterocycles. The van der Waals surface area contributed by atoms with E-state index in [-0.39, 0.29) is 17.3 Å². The van der Waals surface area contributed by atoms with Crippen LogP contribution in [0, 0.1) is 0 Å². The first-order valence-electron chi connectivity index (χ1n) is 10.6. The van der Waals surface area contributed by atoms with E-state index in [0.29, 0.717) is 36.0 Å². The van der Waals surface area contributed by atoms with Crippen molar-refractivity contribution in [2.45, 2.75) is 11.4 Å². The van der Waals surface area contributed by atoms with Crippen LogP contribution in [-0.2, 0) is 16.6 Å². The second-order valence-electron chi connectivity index (χ2n) is 7.73. The maximum Gasteiger partial charge on any atom is 0.261 e. The highest BCUT2D eigenvalue weighted by molar-refractivity contribution is 7.92. The largest absolute Gasteiger partial charge is 0.486 e. The summed E-state index contributed by atoms with van der Waals surface area (Å²) in [5.74, 6) is 0.865. The number of carbonyl (C=O) groups excluding carboxylic acids is 1. The number of fused-ring (bicyclic) bond motifs is 2. The molecule has 0 saturated carbocycles. The van der Waals surface area contributed by atoms with E-state index in [1.54, 1.807) is 54.9 Å². The summed E-state index contributed by atoms with van der Waals surface area (Å²) in [7, 11) is -3.79. The highest BCUT2D eigenvalue weighted by Gasteiger charge is 2.17. The number of sulfonamides is 1. The van der Waals surface area contributed by atoms with Gasteiger partial charge in [-0.25, -0.2) is 8.42 Å². The van der Waals surface area contributed by atoms with E-state index in [1.165, 1.54) is 12.1 Å². The third kappa shape index (κ3) is 4.65. The van der Waals surface area contributed by atoms with E-state index >= 15 is 0 Å². The SMILES string of the molecule is O=C(NCc1ccc(S(=O)(=O)Nc2ccc3c(c2)OCCO3)cc1)c1ccc2ccncc2c1. The van der Waals surface area contributed by atoms with Crippen LogP contribution in [0.2, 0.25) is 0 Å². The number of nitrogens with one attached hydrogen (secondary N) is 2. The smallest absolute Gasteiger partial charge is 0.261 e. The predicted molar refractivity (Wildman–Crippen MR) is 128 cm³/mol. The van der Waals surface area contributed by atoms with Crippen LogP contribution in [0.3, 0.4) is 0 Å². The van der Waals surface area contributed by atoms with Crippen LogP contribution in [0.15, 0.2) is 84.0 Å². The number of hydrogen-bond donors (Lipinski definition) is 2. The van der Waals surface area contributed by atoms with Crippen molar-refractivity contribution in [2.24, 2.45) is 0 Å². The zero-order valence-corrected chi connectivity index (χ0v) is 18.8. The third-order valence-corrected chi connectivity index (χ3v) is 6.78. The first kappa shape index (κ1) is 21.7. The van der Waals surface area contributed by atoms with Gasteiger partial charge in [-0.3, -0.25) is 14.5 Å². The number of aromatic nitrogens is 1. The molecule has 4 aromatic rings. The second-order valence-corrected chi connectivity index (χ2v) is 9.41. The molecule has 9 heteroatoms. The number of anilines is 1. The molecule has 0 aliphatic carbocycles. The van der Waals surface area contributed by atoms with Crippen molar-refractivity contribution in [3.8, 4) is 11.5 Å². The quantitative estimate of drug-likeness (QED) is 0.440. The van der Waals surface area contributed by atoms with Gasteiger partial charge in [0.25, 0.3) is 15.9 Å². The summed E-state index contributed by atoms with van der Waals surface area (Å²) in [5.41, 5.74) is 1.68. The lowest BCUT2D eigenvalue weighted by Crippen LogP contribution is -2.22. The van der Waals surface area contributed by atoms with Crippen molar-refractivity contribution in [3.63, 3.8) is 0 Å². The lowest BCUT2D eigenvalue weighted by atomic mass is 10.1. The van der Waals surface area contributed by atoms with Gasteiger partial charge in [0.15, 0.2) is 11.5 Å². The molecule has 1 aliphatic heterocycles. The Morgan fingerprint density at radius 2 is 1.68 bits per heavy atom. The summed E-state index contributed by atoms with van der Waals surface area (Å²) in [6.07, 6.45) is 3.42. The molecule has 0 bridgehead atoms. The second kappa shape index (κ2) is 9.03. The monoisotopic (exact) mass is 475 g/mol. The van der Waals surface area contributed by atoms with Gasteiger partial charge in [-0.2, -0.15) is 0 Å². The number of pyridine rings is 1. The van der Waals surface area contributed by atoms with Crippen LogP contribution in [0.25, 0.3) is 10.8 Å². The molecule has 0 fully saturated rings. The van der Waals surface area contributed by atoms with Gasteiger partial charge in [0.05, 0.1) is 10.6 Å². The number of nitrogens with zero attached hydrogens (tertiary/aromatic N) is 1. The average Bonchev–Trinajstić information content (AvgIpc) is 2.87. The van der Waals surface area contributed by atoms with E-state index in [4.69, 9.17) is 9.47 Å². The van der Waals surface area contributed by atoms with Gasteiger partial charge in [-0.05, 0) is 53.4 Å². The highest BCUT2D eigenvalue weighted by atomic mass is 32.2. The molecule has 1 aromatic heterocycles. The molecule has 1 amide bonds. The number of rotatable bonds is 6. The number of ether oxygens (including phenoxy) is 2. The van der Waals surface area contributed by atoms with Gasteiger partial charge >= 0.3 is 0 Å². The Hall–Kier alpha value is -4.11. The van der Waals surface area contributed by atoms with Gasteiger partial charge in [0.1, 0.15) is 13.2 Å². The van der Waals surface area contributed by atoms with E-state index in [9.17, 15) is 13.2 Å². The van der Waals surface area contributed by atoms with E-state index in [0.717, 1.165) is 16.3 Å². The molecule has 172 valence electrons. The Kier molecular flexibility index (Phi) is 5.77. The van der Waals surface area contributed by atoms with Crippen LogP contribution in [0.1, 0.15) is 15.9 Å². The van der Waals surface area contributed by atoms with Crippen LogP contribution < -0.4 is 19.5 Å². The van der Waals surface area contributed by atoms with Crippen molar-refractivity contribution >= 4 is 32.4 Å². The zero-order valence-electron chi connectivity index (χ0n) is 18.0. The molecule has 0 atom stereocenters. The van der Waals surface area contributed by atoms with Crippen molar-refractivity contribution in [2.75, 3.05) is 17.9 Å². The third-order valence-electron chi connectivity index (χ3n) is 5.38. The number of carbonyl (C=O) groups is 1. The Morgan fingerprint density at radius 1 is 0.882 bits per heavy atom. The van der Waals surface area contributed by atoms with Gasteiger partial charge in [-0.15, -0.1) is 0 Å². The van der Waals surface area contributed by atoms with Crippen LogP contribution >= 0.6 is 0 Å². The Bertz CT molecular complexity index is 1470. The van der Waals surface area contributed by atoms with Crippen molar-refractivity contribution < 1.29 is 22.7 Å². The molecule has 2 N–H and O–H groups in total. The maximum atomic E-state index is 12.8. The summed E-state index contributed by atoms with van der Waals surface area (Å²) in [6, 6.07) is 18.5. The van der Waals surface area contributed by atoms with Crippen molar-refractivity contribution in [3.05, 3.63) is 90.3 Å². The van der Waals surface area contributed by atoms with Gasteiger partial charge in [0.2, 0.25) is 0 Å². The van der Waals surface area contributed by atoms with Gasteiger partial charge in [0, 0.05) is 36.0 Å². The standard InChI is InChI=1S/C25H21N3O5S/c29-25(19-4-3-18-9-10-26-16-20(18)13-19)27-15-17-1-6-22(7-2-17)34(30,31)28-21-5-8-23-24(14-21)33-12-11-32-23/h1-10,13-14,16,28H,11-12,15H2,(H,27,29). The minimum Gasteiger partial charge on any atom is -0.486 e. The number of benzene rings is 3. The van der Waals surface area contributed by atoms with Crippen molar-refractivity contribution in [1.82, 2.24) is 10.3 Å². The van der Waals surface area contributed by atoms with Crippen molar-refractivity contribution in [1.29, 1.82) is 0 Å². The Morgan fingerprint density at radius 3 is 2.50 bits per heavy atom. The van der Waals surface area contributed by atoms with Gasteiger partial charge in [-0.1, -0.05) is 18.2 Å². The number of hydrogen-bond acceptors (Lipinski definition) is 6. The molecule has 34 heavy (non-hydrogen) atoms. The average molecular weight is 476 g/mol. The molecular weight excluding hydrogens is 454 g/mol. The molecule has 3 aromatic carbocycles. The lowest BCUT2D eigenvalue weighted by molar-refractivity contribution is 0.0951. The topological polar surface area (TPSA) is 107 Å². The first-order valence-corrected chi connectivity index (χ1v) is 12.1. The fourth-order valence-electron chi connectivity index (χ4n) is 3.62. The van der Waals surface area contributed by atoms with Gasteiger partial charge < -0.3 is 14.8 Å². The van der Waals surface area contributed by atoms with Crippen LogP contribution in [0.5, 0.6) is 11.5 Å². The summed E-state index contributed by atoms with van der Waals surface area (Å²) >= 11 is 0. The minimum absolute atomic E-state index is 0.111. The molecular formula is C25H21N3O5S. The summed E-state index contributed by atoms with van der Waals surface area (Å²) in [5, 5.41) is 4.75. The lowest BCUT2D eigenvalue weighted by Gasteiger charge is -2.19. The van der Waals surface area contributed by atoms with Crippen LogP contribution in [-0.4, -0.2) is 32.5 Å². The predicted octanol–water partition coefficient (Wildman–Crippen LogP) is 3.74.